The van der Waals surface area contributed by atoms with Crippen LogP contribution in [0, 0.1) is 0 Å². The minimum absolute atomic E-state index is 0. The van der Waals surface area contributed by atoms with Gasteiger partial charge in [-0.1, -0.05) is 35.8 Å². The maximum absolute atomic E-state index is 11.7. The van der Waals surface area contributed by atoms with Gasteiger partial charge in [0.05, 0.1) is 43.6 Å². The smallest absolute Gasteiger partial charge is 0.871 e. The summed E-state index contributed by atoms with van der Waals surface area (Å²) in [4.78, 5) is 7.26. The predicted octanol–water partition coefficient (Wildman–Crippen LogP) is 2.26. The van der Waals surface area contributed by atoms with E-state index < -0.39 is 20.2 Å². The molecule has 0 N–H and O–H groups in total. The van der Waals surface area contributed by atoms with Crippen molar-refractivity contribution in [2.75, 3.05) is 0 Å². The Morgan fingerprint density at radius 2 is 0.917 bits per heavy atom. The number of pyridine rings is 2. The van der Waals surface area contributed by atoms with Crippen LogP contribution in [0.25, 0.3) is 21.8 Å². The third-order valence-corrected chi connectivity index (χ3v) is 7.84. The standard InChI is InChI=1S/2C15H11N3O4S.Co.Na/c2*19-14-7-6-13(12-5-2-8-16-15(12)14)18-17-10-3-1-4-11(9-10)23(20,21)22;;/h2*1-9,19H,(H,20,21,22);;/q;;+3;+1/p-4. The summed E-state index contributed by atoms with van der Waals surface area (Å²) in [6, 6.07) is 22.9. The Morgan fingerprint density at radius 1 is 0.521 bits per heavy atom. The van der Waals surface area contributed by atoms with Crippen molar-refractivity contribution in [2.24, 2.45) is 20.5 Å². The summed E-state index contributed by atoms with van der Waals surface area (Å²) in [5.41, 5.74) is 1.82. The van der Waals surface area contributed by atoms with E-state index in [4.69, 9.17) is 0 Å². The van der Waals surface area contributed by atoms with Crippen LogP contribution in [0.1, 0.15) is 0 Å². The second-order valence-corrected chi connectivity index (χ2v) is 12.0. The van der Waals surface area contributed by atoms with Crippen LogP contribution in [-0.2, 0) is 37.0 Å². The summed E-state index contributed by atoms with van der Waals surface area (Å²) >= 11 is 0. The minimum Gasteiger partial charge on any atom is -0.871 e. The van der Waals surface area contributed by atoms with Crippen molar-refractivity contribution in [3.05, 3.63) is 109 Å². The molecule has 0 aliphatic rings. The van der Waals surface area contributed by atoms with Crippen LogP contribution in [0.4, 0.5) is 22.7 Å². The van der Waals surface area contributed by atoms with E-state index in [1.807, 2.05) is 0 Å². The van der Waals surface area contributed by atoms with E-state index >= 15 is 0 Å². The van der Waals surface area contributed by atoms with Gasteiger partial charge in [-0.05, 0) is 72.8 Å². The number of hydrogen-bond acceptors (Lipinski definition) is 14. The normalized spacial score (nSPS) is 11.5. The summed E-state index contributed by atoms with van der Waals surface area (Å²) in [6.45, 7) is 0. The van der Waals surface area contributed by atoms with E-state index in [-0.39, 0.29) is 90.0 Å². The SMILES string of the molecule is O=S(=O)([O-])c1cccc(N=Nc2ccc([O-])c3ncccc23)c1.O=S(=O)([O-])c1cccc(N=Nc2ccc([O-])c3ncccc23)c1.[Co+3].[Na+]. The molecule has 14 nitrogen and oxygen atoms in total. The molecule has 0 aliphatic heterocycles. The molecule has 0 bridgehead atoms. The molecule has 0 amide bonds. The molecule has 6 rings (SSSR count). The van der Waals surface area contributed by atoms with E-state index in [0.29, 0.717) is 22.1 Å². The van der Waals surface area contributed by atoms with Gasteiger partial charge >= 0.3 is 46.3 Å². The maximum atomic E-state index is 11.7. The first-order valence-corrected chi connectivity index (χ1v) is 15.8. The first kappa shape index (κ1) is 38.3. The van der Waals surface area contributed by atoms with Crippen molar-refractivity contribution in [1.82, 2.24) is 9.97 Å². The Morgan fingerprint density at radius 3 is 1.29 bits per heavy atom. The number of aromatic nitrogens is 2. The molecule has 0 unspecified atom stereocenters. The minimum atomic E-state index is -4.55. The second kappa shape index (κ2) is 16.3. The zero-order valence-electron chi connectivity index (χ0n) is 24.5. The van der Waals surface area contributed by atoms with E-state index in [9.17, 15) is 36.2 Å². The molecule has 0 atom stereocenters. The topological polar surface area (TPSA) is 236 Å². The van der Waals surface area contributed by atoms with Gasteiger partial charge in [0.25, 0.3) is 0 Å². The van der Waals surface area contributed by atoms with Gasteiger partial charge in [-0.3, -0.25) is 9.97 Å². The van der Waals surface area contributed by atoms with Crippen LogP contribution in [0.2, 0.25) is 0 Å². The summed E-state index contributed by atoms with van der Waals surface area (Å²) < 4.78 is 66.0. The van der Waals surface area contributed by atoms with Gasteiger partial charge in [0.15, 0.2) is 0 Å². The van der Waals surface area contributed by atoms with Crippen LogP contribution in [0.5, 0.6) is 11.5 Å². The van der Waals surface area contributed by atoms with Crippen molar-refractivity contribution in [3.63, 3.8) is 0 Å². The van der Waals surface area contributed by atoms with Crippen LogP contribution in [0.3, 0.4) is 0 Å². The molecule has 0 saturated carbocycles. The van der Waals surface area contributed by atoms with E-state index in [2.05, 4.69) is 30.4 Å². The summed E-state index contributed by atoms with van der Waals surface area (Å²) in [6.07, 6.45) is 3.01. The molecule has 0 aliphatic carbocycles. The number of rotatable bonds is 6. The van der Waals surface area contributed by atoms with Gasteiger partial charge in [-0.25, -0.2) is 16.8 Å². The zero-order chi connectivity index (χ0) is 32.9. The number of benzene rings is 4. The molecule has 0 saturated heterocycles. The number of nitrogens with zero attached hydrogens (tertiary/aromatic N) is 6. The Hall–Kier alpha value is -4.17. The first-order valence-electron chi connectivity index (χ1n) is 12.9. The van der Waals surface area contributed by atoms with Crippen molar-refractivity contribution in [1.29, 1.82) is 0 Å². The molecular formula is C30H18CoN6NaO8S2. The fourth-order valence-corrected chi connectivity index (χ4v) is 5.08. The Bertz CT molecular complexity index is 2210. The van der Waals surface area contributed by atoms with Gasteiger partial charge in [-0.15, -0.1) is 10.2 Å². The third-order valence-electron chi connectivity index (χ3n) is 6.18. The number of azo groups is 2. The van der Waals surface area contributed by atoms with Gasteiger partial charge < -0.3 is 19.3 Å². The van der Waals surface area contributed by atoms with Crippen LogP contribution in [-0.4, -0.2) is 35.9 Å². The molecule has 0 fully saturated rings. The Balaban J connectivity index is 0.000000250. The summed E-state index contributed by atoms with van der Waals surface area (Å²) in [5, 5.41) is 40.4. The predicted molar refractivity (Wildman–Crippen MR) is 160 cm³/mol. The fraction of sp³-hybridized carbons (Fsp3) is 0. The van der Waals surface area contributed by atoms with Crippen molar-refractivity contribution in [3.8, 4) is 11.5 Å². The van der Waals surface area contributed by atoms with Crippen LogP contribution < -0.4 is 39.8 Å². The van der Waals surface area contributed by atoms with E-state index in [1.54, 1.807) is 24.3 Å². The quantitative estimate of drug-likeness (QED) is 0.137. The summed E-state index contributed by atoms with van der Waals surface area (Å²) in [7, 11) is -9.10. The second-order valence-electron chi connectivity index (χ2n) is 9.27. The molecule has 0 spiro atoms. The van der Waals surface area contributed by atoms with Gasteiger partial charge in [-0.2, -0.15) is 10.2 Å². The summed E-state index contributed by atoms with van der Waals surface area (Å²) in [5.74, 6) is -0.446. The number of fused-ring (bicyclic) bond motifs is 2. The molecular weight excluding hydrogens is 718 g/mol. The van der Waals surface area contributed by atoms with Crippen LogP contribution >= 0.6 is 0 Å². The molecule has 4 aromatic carbocycles. The molecule has 2 aromatic heterocycles. The molecule has 18 heteroatoms. The zero-order valence-corrected chi connectivity index (χ0v) is 29.2. The first-order chi connectivity index (χ1) is 21.9. The molecule has 0 radical (unpaired) electrons. The average molecular weight is 737 g/mol. The number of hydrogen-bond donors (Lipinski definition) is 0. The largest absolute Gasteiger partial charge is 3.00 e. The third kappa shape index (κ3) is 9.46. The van der Waals surface area contributed by atoms with E-state index in [1.165, 1.54) is 73.1 Å². The van der Waals surface area contributed by atoms with Gasteiger partial charge in [0.1, 0.15) is 20.2 Å². The Kier molecular flexibility index (Phi) is 13.0. The van der Waals surface area contributed by atoms with Gasteiger partial charge in [0, 0.05) is 23.2 Å². The monoisotopic (exact) mass is 736 g/mol. The average Bonchev–Trinajstić information content (AvgIpc) is 3.04. The Labute approximate surface area is 306 Å². The van der Waals surface area contributed by atoms with Crippen molar-refractivity contribution in [2.45, 2.75) is 9.79 Å². The molecule has 2 heterocycles. The van der Waals surface area contributed by atoms with Gasteiger partial charge in [0.2, 0.25) is 0 Å². The fourth-order valence-electron chi connectivity index (χ4n) is 4.06. The molecule has 48 heavy (non-hydrogen) atoms. The van der Waals surface area contributed by atoms with Crippen LogP contribution in [0.15, 0.2) is 140 Å². The van der Waals surface area contributed by atoms with Crippen molar-refractivity contribution >= 4 is 64.8 Å². The maximum Gasteiger partial charge on any atom is 3.00 e. The molecule has 238 valence electrons. The van der Waals surface area contributed by atoms with Crippen molar-refractivity contribution < 1.29 is 82.5 Å². The molecule has 6 aromatic rings. The van der Waals surface area contributed by atoms with E-state index in [0.717, 1.165) is 12.1 Å².